The number of benzene rings is 1. The highest BCUT2D eigenvalue weighted by Crippen LogP contribution is 2.27. The monoisotopic (exact) mass is 284 g/mol. The van der Waals surface area contributed by atoms with Gasteiger partial charge >= 0.3 is 0 Å². The summed E-state index contributed by atoms with van der Waals surface area (Å²) in [6, 6.07) is 5.15. The highest BCUT2D eigenvalue weighted by Gasteiger charge is 2.23. The molecule has 1 aromatic carbocycles. The lowest BCUT2D eigenvalue weighted by molar-refractivity contribution is 0.0264. The van der Waals surface area contributed by atoms with E-state index in [4.69, 9.17) is 32.0 Å². The van der Waals surface area contributed by atoms with E-state index in [0.29, 0.717) is 22.9 Å². The van der Waals surface area contributed by atoms with E-state index in [2.05, 4.69) is 5.16 Å². The number of halogens is 1. The van der Waals surface area contributed by atoms with Gasteiger partial charge in [-0.2, -0.15) is 0 Å². The number of amidine groups is 1. The van der Waals surface area contributed by atoms with Crippen LogP contribution >= 0.6 is 11.6 Å². The number of oxime groups is 1. The first-order valence-corrected chi connectivity index (χ1v) is 6.54. The molecule has 5 nitrogen and oxygen atoms in total. The van der Waals surface area contributed by atoms with Crippen LogP contribution in [0.15, 0.2) is 23.4 Å². The van der Waals surface area contributed by atoms with Gasteiger partial charge in [0.25, 0.3) is 0 Å². The third-order valence-corrected chi connectivity index (χ3v) is 3.40. The van der Waals surface area contributed by atoms with Gasteiger partial charge in [0.2, 0.25) is 0 Å². The van der Waals surface area contributed by atoms with Crippen molar-refractivity contribution in [3.63, 3.8) is 0 Å². The van der Waals surface area contributed by atoms with E-state index in [-0.39, 0.29) is 18.0 Å². The molecular formula is C13H17ClN2O3. The molecule has 0 amide bonds. The SMILES string of the molecule is CC1CCC(COc2cccc(Cl)c2/C(N)=N/O)O1. The quantitative estimate of drug-likeness (QED) is 0.385. The zero-order chi connectivity index (χ0) is 13.8. The van der Waals surface area contributed by atoms with E-state index in [9.17, 15) is 0 Å². The second kappa shape index (κ2) is 6.12. The van der Waals surface area contributed by atoms with Crippen LogP contribution in [0.4, 0.5) is 0 Å². The van der Waals surface area contributed by atoms with Crippen molar-refractivity contribution in [3.05, 3.63) is 28.8 Å². The van der Waals surface area contributed by atoms with Gasteiger partial charge in [-0.25, -0.2) is 0 Å². The zero-order valence-electron chi connectivity index (χ0n) is 10.7. The Morgan fingerprint density at radius 1 is 1.58 bits per heavy atom. The minimum atomic E-state index is -0.0682. The predicted molar refractivity (Wildman–Crippen MR) is 73.0 cm³/mol. The Morgan fingerprint density at radius 2 is 2.37 bits per heavy atom. The van der Waals surface area contributed by atoms with Gasteiger partial charge in [0.05, 0.1) is 22.8 Å². The molecule has 0 radical (unpaired) electrons. The number of ether oxygens (including phenoxy) is 2. The molecule has 1 fully saturated rings. The molecule has 0 spiro atoms. The van der Waals surface area contributed by atoms with Crippen molar-refractivity contribution in [1.29, 1.82) is 0 Å². The Labute approximate surface area is 116 Å². The summed E-state index contributed by atoms with van der Waals surface area (Å²) in [5, 5.41) is 12.1. The van der Waals surface area contributed by atoms with Crippen LogP contribution in [-0.4, -0.2) is 29.9 Å². The Bertz CT molecular complexity index is 479. The number of hydrogen-bond acceptors (Lipinski definition) is 4. The zero-order valence-corrected chi connectivity index (χ0v) is 11.4. The van der Waals surface area contributed by atoms with Crippen LogP contribution in [0.3, 0.4) is 0 Å². The van der Waals surface area contributed by atoms with E-state index >= 15 is 0 Å². The molecule has 6 heteroatoms. The van der Waals surface area contributed by atoms with Crippen molar-refractivity contribution in [1.82, 2.24) is 0 Å². The second-order valence-corrected chi connectivity index (χ2v) is 4.96. The summed E-state index contributed by atoms with van der Waals surface area (Å²) in [5.41, 5.74) is 6.01. The largest absolute Gasteiger partial charge is 0.490 e. The van der Waals surface area contributed by atoms with Crippen LogP contribution in [0.25, 0.3) is 0 Å². The smallest absolute Gasteiger partial charge is 0.175 e. The predicted octanol–water partition coefficient (Wildman–Crippen LogP) is 2.38. The molecule has 2 atom stereocenters. The van der Waals surface area contributed by atoms with Crippen LogP contribution in [0, 0.1) is 0 Å². The van der Waals surface area contributed by atoms with Crippen molar-refractivity contribution < 1.29 is 14.7 Å². The normalized spacial score (nSPS) is 23.6. The van der Waals surface area contributed by atoms with Gasteiger partial charge in [-0.1, -0.05) is 22.8 Å². The van der Waals surface area contributed by atoms with Crippen LogP contribution in [0.1, 0.15) is 25.3 Å². The standard InChI is InChI=1S/C13H17ClN2O3/c1-8-5-6-9(19-8)7-18-11-4-2-3-10(14)12(11)13(15)16-17/h2-4,8-9,17H,5-7H2,1H3,(H2,15,16). The minimum absolute atomic E-state index is 0.0682. The molecule has 2 rings (SSSR count). The van der Waals surface area contributed by atoms with Gasteiger partial charge in [-0.15, -0.1) is 0 Å². The topological polar surface area (TPSA) is 77.1 Å². The Morgan fingerprint density at radius 3 is 3.00 bits per heavy atom. The molecule has 0 bridgehead atoms. The van der Waals surface area contributed by atoms with Gasteiger partial charge < -0.3 is 20.4 Å². The maximum absolute atomic E-state index is 8.78. The summed E-state index contributed by atoms with van der Waals surface area (Å²) >= 11 is 6.04. The molecule has 1 aliphatic rings. The Balaban J connectivity index is 2.10. The number of hydrogen-bond donors (Lipinski definition) is 2. The fraction of sp³-hybridized carbons (Fsp3) is 0.462. The van der Waals surface area contributed by atoms with Crippen molar-refractivity contribution in [2.45, 2.75) is 32.0 Å². The maximum atomic E-state index is 8.78. The first-order valence-electron chi connectivity index (χ1n) is 6.16. The molecule has 104 valence electrons. The van der Waals surface area contributed by atoms with Crippen molar-refractivity contribution in [3.8, 4) is 5.75 Å². The summed E-state index contributed by atoms with van der Waals surface area (Å²) in [7, 11) is 0. The summed E-state index contributed by atoms with van der Waals surface area (Å²) in [6.07, 6.45) is 2.36. The van der Waals surface area contributed by atoms with E-state index in [1.807, 2.05) is 6.92 Å². The average Bonchev–Trinajstić information content (AvgIpc) is 2.81. The highest BCUT2D eigenvalue weighted by atomic mass is 35.5. The number of rotatable bonds is 4. The summed E-state index contributed by atoms with van der Waals surface area (Å²) in [4.78, 5) is 0. The van der Waals surface area contributed by atoms with Crippen LogP contribution < -0.4 is 10.5 Å². The minimum Gasteiger partial charge on any atom is -0.490 e. The second-order valence-electron chi connectivity index (χ2n) is 4.56. The first kappa shape index (κ1) is 14.0. The molecule has 0 aliphatic carbocycles. The van der Waals surface area contributed by atoms with Gasteiger partial charge in [-0.05, 0) is 31.9 Å². The summed E-state index contributed by atoms with van der Waals surface area (Å²) in [6.45, 7) is 2.47. The molecule has 19 heavy (non-hydrogen) atoms. The van der Waals surface area contributed by atoms with Gasteiger partial charge in [0, 0.05) is 0 Å². The highest BCUT2D eigenvalue weighted by molar-refractivity contribution is 6.34. The molecule has 1 aromatic rings. The van der Waals surface area contributed by atoms with E-state index in [1.54, 1.807) is 18.2 Å². The first-order chi connectivity index (χ1) is 9.11. The van der Waals surface area contributed by atoms with Gasteiger partial charge in [-0.3, -0.25) is 0 Å². The van der Waals surface area contributed by atoms with Gasteiger partial charge in [0.1, 0.15) is 12.4 Å². The van der Waals surface area contributed by atoms with E-state index in [0.717, 1.165) is 12.8 Å². The van der Waals surface area contributed by atoms with Crippen molar-refractivity contribution >= 4 is 17.4 Å². The molecule has 0 aromatic heterocycles. The average molecular weight is 285 g/mol. The molecule has 3 N–H and O–H groups in total. The fourth-order valence-corrected chi connectivity index (χ4v) is 2.38. The number of nitrogens with two attached hydrogens (primary N) is 1. The lowest BCUT2D eigenvalue weighted by atomic mass is 10.2. The Hall–Kier alpha value is -1.46. The molecular weight excluding hydrogens is 268 g/mol. The molecule has 2 unspecified atom stereocenters. The van der Waals surface area contributed by atoms with Crippen LogP contribution in [0.2, 0.25) is 5.02 Å². The Kier molecular flexibility index (Phi) is 4.50. The third-order valence-electron chi connectivity index (χ3n) is 3.08. The third kappa shape index (κ3) is 3.30. The van der Waals surface area contributed by atoms with Crippen molar-refractivity contribution in [2.75, 3.05) is 6.61 Å². The van der Waals surface area contributed by atoms with Gasteiger partial charge in [0.15, 0.2) is 5.84 Å². The van der Waals surface area contributed by atoms with E-state index in [1.165, 1.54) is 0 Å². The van der Waals surface area contributed by atoms with E-state index < -0.39 is 0 Å². The maximum Gasteiger partial charge on any atom is 0.175 e. The number of nitrogens with zero attached hydrogens (tertiary/aromatic N) is 1. The lowest BCUT2D eigenvalue weighted by Crippen LogP contribution is -2.20. The summed E-state index contributed by atoms with van der Waals surface area (Å²) in [5.74, 6) is 0.423. The van der Waals surface area contributed by atoms with Crippen molar-refractivity contribution in [2.24, 2.45) is 10.9 Å². The summed E-state index contributed by atoms with van der Waals surface area (Å²) < 4.78 is 11.4. The fourth-order valence-electron chi connectivity index (χ4n) is 2.11. The van der Waals surface area contributed by atoms with Crippen LogP contribution in [0.5, 0.6) is 5.75 Å². The molecule has 1 heterocycles. The van der Waals surface area contributed by atoms with Crippen LogP contribution in [-0.2, 0) is 4.74 Å². The molecule has 1 aliphatic heterocycles. The molecule has 1 saturated heterocycles. The lowest BCUT2D eigenvalue weighted by Gasteiger charge is -2.15. The molecule has 0 saturated carbocycles.